The van der Waals surface area contributed by atoms with Crippen molar-refractivity contribution in [2.24, 2.45) is 0 Å². The number of nitrogens with zero attached hydrogens (tertiary/aromatic N) is 5. The zero-order valence-electron chi connectivity index (χ0n) is 20.1. The van der Waals surface area contributed by atoms with E-state index < -0.39 is 5.97 Å². The third-order valence-corrected chi connectivity index (χ3v) is 5.60. The SMILES string of the molecule is CCOC(=O)c1cnc(-c2ccc(OC)cc2)nc1Nc1cnc2c(c1)c(C)nn2-c1ccccc1. The lowest BCUT2D eigenvalue weighted by atomic mass is 10.2. The Kier molecular flexibility index (Phi) is 6.27. The van der Waals surface area contributed by atoms with E-state index in [4.69, 9.17) is 9.47 Å². The van der Waals surface area contributed by atoms with Crippen molar-refractivity contribution in [3.05, 3.63) is 84.3 Å². The highest BCUT2D eigenvalue weighted by atomic mass is 16.5. The van der Waals surface area contributed by atoms with Crippen LogP contribution in [0.1, 0.15) is 23.0 Å². The van der Waals surface area contributed by atoms with Crippen LogP contribution in [-0.2, 0) is 4.74 Å². The first-order valence-corrected chi connectivity index (χ1v) is 11.4. The molecule has 3 aromatic heterocycles. The van der Waals surface area contributed by atoms with Crippen LogP contribution in [0.3, 0.4) is 0 Å². The summed E-state index contributed by atoms with van der Waals surface area (Å²) in [5.74, 6) is 0.994. The first-order valence-electron chi connectivity index (χ1n) is 11.4. The lowest BCUT2D eigenvalue weighted by Gasteiger charge is -2.12. The minimum absolute atomic E-state index is 0.228. The molecule has 0 aliphatic carbocycles. The summed E-state index contributed by atoms with van der Waals surface area (Å²) >= 11 is 0. The van der Waals surface area contributed by atoms with Crippen LogP contribution in [-0.4, -0.2) is 44.4 Å². The standard InChI is InChI=1S/C27H24N6O3/c1-4-36-27(34)23-16-28-24(18-10-12-21(35-3)13-11-18)31-25(23)30-19-14-22-17(2)32-33(26(22)29-15-19)20-8-6-5-7-9-20/h5-16H,4H2,1-3H3,(H,28,30,31). The molecule has 3 heterocycles. The zero-order valence-corrected chi connectivity index (χ0v) is 20.1. The van der Waals surface area contributed by atoms with Crippen molar-refractivity contribution in [2.45, 2.75) is 13.8 Å². The molecule has 0 radical (unpaired) electrons. The van der Waals surface area contributed by atoms with E-state index in [1.54, 1.807) is 20.2 Å². The van der Waals surface area contributed by atoms with Gasteiger partial charge in [0.1, 0.15) is 17.1 Å². The second-order valence-electron chi connectivity index (χ2n) is 7.96. The van der Waals surface area contributed by atoms with Crippen molar-refractivity contribution in [2.75, 3.05) is 19.0 Å². The number of benzene rings is 2. The highest BCUT2D eigenvalue weighted by molar-refractivity contribution is 5.96. The number of hydrogen-bond donors (Lipinski definition) is 1. The van der Waals surface area contributed by atoms with Crippen LogP contribution < -0.4 is 10.1 Å². The number of aromatic nitrogens is 5. The maximum atomic E-state index is 12.6. The lowest BCUT2D eigenvalue weighted by molar-refractivity contribution is 0.0526. The molecule has 0 fully saturated rings. The first kappa shape index (κ1) is 23.0. The van der Waals surface area contributed by atoms with Gasteiger partial charge < -0.3 is 14.8 Å². The summed E-state index contributed by atoms with van der Waals surface area (Å²) < 4.78 is 12.3. The molecule has 0 saturated heterocycles. The van der Waals surface area contributed by atoms with Crippen LogP contribution in [0.25, 0.3) is 28.1 Å². The van der Waals surface area contributed by atoms with Gasteiger partial charge in [0.05, 0.1) is 37.0 Å². The van der Waals surface area contributed by atoms with E-state index in [2.05, 4.69) is 25.4 Å². The predicted molar refractivity (Wildman–Crippen MR) is 137 cm³/mol. The number of ether oxygens (including phenoxy) is 2. The van der Waals surface area contributed by atoms with E-state index in [0.717, 1.165) is 33.7 Å². The molecule has 0 aliphatic heterocycles. The van der Waals surface area contributed by atoms with Crippen molar-refractivity contribution >= 4 is 28.5 Å². The van der Waals surface area contributed by atoms with Gasteiger partial charge >= 0.3 is 5.97 Å². The number of esters is 1. The van der Waals surface area contributed by atoms with Crippen molar-refractivity contribution in [1.29, 1.82) is 0 Å². The van der Waals surface area contributed by atoms with Gasteiger partial charge in [-0.2, -0.15) is 5.10 Å². The molecule has 5 rings (SSSR count). The van der Waals surface area contributed by atoms with Gasteiger partial charge in [-0.25, -0.2) is 24.4 Å². The predicted octanol–water partition coefficient (Wildman–Crippen LogP) is 5.11. The van der Waals surface area contributed by atoms with E-state index in [-0.39, 0.29) is 12.2 Å². The van der Waals surface area contributed by atoms with Gasteiger partial charge in [0.25, 0.3) is 0 Å². The molecule has 180 valence electrons. The van der Waals surface area contributed by atoms with Crippen molar-refractivity contribution in [3.63, 3.8) is 0 Å². The summed E-state index contributed by atoms with van der Waals surface area (Å²) in [6, 6.07) is 19.1. The fourth-order valence-corrected chi connectivity index (χ4v) is 3.81. The van der Waals surface area contributed by atoms with Crippen molar-refractivity contribution in [3.8, 4) is 22.8 Å². The van der Waals surface area contributed by atoms with Crippen LogP contribution >= 0.6 is 0 Å². The summed E-state index contributed by atoms with van der Waals surface area (Å²) in [5.41, 5.74) is 4.15. The van der Waals surface area contributed by atoms with E-state index in [1.807, 2.05) is 72.3 Å². The maximum Gasteiger partial charge on any atom is 0.343 e. The first-order chi connectivity index (χ1) is 17.6. The Morgan fingerprint density at radius 3 is 2.53 bits per heavy atom. The van der Waals surface area contributed by atoms with Crippen molar-refractivity contribution in [1.82, 2.24) is 24.7 Å². The Hall–Kier alpha value is -4.79. The molecule has 0 unspecified atom stereocenters. The van der Waals surface area contributed by atoms with E-state index in [9.17, 15) is 4.79 Å². The number of nitrogens with one attached hydrogen (secondary N) is 1. The molecule has 0 amide bonds. The average Bonchev–Trinajstić information content (AvgIpc) is 3.25. The van der Waals surface area contributed by atoms with Gasteiger partial charge in [-0.1, -0.05) is 18.2 Å². The van der Waals surface area contributed by atoms with Gasteiger partial charge in [0.15, 0.2) is 11.5 Å². The number of carbonyl (C=O) groups is 1. The van der Waals surface area contributed by atoms with Gasteiger partial charge in [0.2, 0.25) is 0 Å². The third-order valence-electron chi connectivity index (χ3n) is 5.60. The highest BCUT2D eigenvalue weighted by Gasteiger charge is 2.18. The minimum atomic E-state index is -0.511. The number of anilines is 2. The number of rotatable bonds is 7. The van der Waals surface area contributed by atoms with Crippen LogP contribution in [0.2, 0.25) is 0 Å². The van der Waals surface area contributed by atoms with Gasteiger partial charge in [-0.05, 0) is 56.3 Å². The van der Waals surface area contributed by atoms with Crippen LogP contribution in [0.5, 0.6) is 5.75 Å². The Morgan fingerprint density at radius 1 is 1.03 bits per heavy atom. The van der Waals surface area contributed by atoms with Gasteiger partial charge in [-0.3, -0.25) is 0 Å². The quantitative estimate of drug-likeness (QED) is 0.320. The molecule has 0 aliphatic rings. The second-order valence-corrected chi connectivity index (χ2v) is 7.96. The molecular formula is C27H24N6O3. The molecule has 0 bridgehead atoms. The number of hydrogen-bond acceptors (Lipinski definition) is 8. The molecule has 9 heteroatoms. The largest absolute Gasteiger partial charge is 0.497 e. The molecule has 2 aromatic carbocycles. The molecule has 36 heavy (non-hydrogen) atoms. The molecule has 9 nitrogen and oxygen atoms in total. The summed E-state index contributed by atoms with van der Waals surface area (Å²) in [7, 11) is 1.61. The van der Waals surface area contributed by atoms with Crippen LogP contribution in [0, 0.1) is 6.92 Å². The molecule has 5 aromatic rings. The smallest absolute Gasteiger partial charge is 0.343 e. The summed E-state index contributed by atoms with van der Waals surface area (Å²) in [4.78, 5) is 26.3. The summed E-state index contributed by atoms with van der Waals surface area (Å²) in [5, 5.41) is 8.78. The molecule has 0 saturated carbocycles. The molecular weight excluding hydrogens is 456 g/mol. The van der Waals surface area contributed by atoms with Gasteiger partial charge in [0, 0.05) is 17.1 Å². The Labute approximate surface area is 207 Å². The topological polar surface area (TPSA) is 104 Å². The third kappa shape index (κ3) is 4.46. The fourth-order valence-electron chi connectivity index (χ4n) is 3.81. The normalized spacial score (nSPS) is 10.9. The average molecular weight is 481 g/mol. The lowest BCUT2D eigenvalue weighted by Crippen LogP contribution is -2.11. The molecule has 0 spiro atoms. The maximum absolute atomic E-state index is 12.6. The highest BCUT2D eigenvalue weighted by Crippen LogP contribution is 2.27. The zero-order chi connectivity index (χ0) is 25.1. The summed E-state index contributed by atoms with van der Waals surface area (Å²) in [6.45, 7) is 3.93. The van der Waals surface area contributed by atoms with Crippen molar-refractivity contribution < 1.29 is 14.3 Å². The van der Waals surface area contributed by atoms with E-state index in [0.29, 0.717) is 17.3 Å². The van der Waals surface area contributed by atoms with Gasteiger partial charge in [-0.15, -0.1) is 0 Å². The Morgan fingerprint density at radius 2 is 1.81 bits per heavy atom. The summed E-state index contributed by atoms with van der Waals surface area (Å²) in [6.07, 6.45) is 3.16. The molecule has 1 N–H and O–H groups in total. The number of aryl methyl sites for hydroxylation is 1. The number of methoxy groups -OCH3 is 1. The Bertz CT molecular complexity index is 1530. The minimum Gasteiger partial charge on any atom is -0.497 e. The van der Waals surface area contributed by atoms with E-state index >= 15 is 0 Å². The number of pyridine rings is 1. The fraction of sp³-hybridized carbons (Fsp3) is 0.148. The second kappa shape index (κ2) is 9.83. The monoisotopic (exact) mass is 480 g/mol. The van der Waals surface area contributed by atoms with E-state index in [1.165, 1.54) is 6.20 Å². The number of para-hydroxylation sites is 1. The van der Waals surface area contributed by atoms with Crippen LogP contribution in [0.15, 0.2) is 73.1 Å². The Balaban J connectivity index is 1.54. The molecule has 0 atom stereocenters. The van der Waals surface area contributed by atoms with Crippen LogP contribution in [0.4, 0.5) is 11.5 Å². The number of carbonyl (C=O) groups excluding carboxylic acids is 1. The number of fused-ring (bicyclic) bond motifs is 1.